The molecule has 0 spiro atoms. The minimum atomic E-state index is -0.284. The van der Waals surface area contributed by atoms with Gasteiger partial charge in [-0.2, -0.15) is 4.98 Å². The predicted molar refractivity (Wildman–Crippen MR) is 101 cm³/mol. The Morgan fingerprint density at radius 1 is 1.00 bits per heavy atom. The third kappa shape index (κ3) is 4.09. The summed E-state index contributed by atoms with van der Waals surface area (Å²) in [6.07, 6.45) is 1.66. The molecule has 136 valence electrons. The van der Waals surface area contributed by atoms with Crippen molar-refractivity contribution in [3.05, 3.63) is 77.8 Å². The highest BCUT2D eigenvalue weighted by atomic mass is 32.2. The summed E-state index contributed by atoms with van der Waals surface area (Å²) >= 11 is 1.59. The van der Waals surface area contributed by atoms with Crippen molar-refractivity contribution in [2.45, 2.75) is 18.4 Å². The molecular weight excluding hydrogens is 365 g/mol. The lowest BCUT2D eigenvalue weighted by Crippen LogP contribution is -1.87. The number of rotatable bonds is 6. The van der Waals surface area contributed by atoms with Crippen molar-refractivity contribution in [2.24, 2.45) is 0 Å². The first kappa shape index (κ1) is 17.5. The molecule has 27 heavy (non-hydrogen) atoms. The number of nitrogens with zero attached hydrogens (tertiary/aromatic N) is 3. The zero-order valence-corrected chi connectivity index (χ0v) is 15.4. The second-order valence-corrected chi connectivity index (χ2v) is 6.96. The predicted octanol–water partition coefficient (Wildman–Crippen LogP) is 5.27. The number of hydrogen-bond donors (Lipinski definition) is 0. The molecule has 0 aliphatic heterocycles. The first-order valence-corrected chi connectivity index (χ1v) is 9.51. The van der Waals surface area contributed by atoms with Gasteiger partial charge in [0.15, 0.2) is 0 Å². The summed E-state index contributed by atoms with van der Waals surface area (Å²) in [5.74, 6) is 2.39. The standard InChI is InChI=1S/C20H16FN3O2S/c1-13-7-8-15(9-17(13)21)19-23-18(26-24-19)12-27-11-16-10-25-20(22-16)14-5-3-2-4-6-14/h2-10H,11-12H2,1H3. The summed E-state index contributed by atoms with van der Waals surface area (Å²) in [5.41, 5.74) is 2.97. The van der Waals surface area contributed by atoms with Crippen LogP contribution in [0.15, 0.2) is 63.7 Å². The normalized spacial score (nSPS) is 11.0. The maximum atomic E-state index is 13.7. The van der Waals surface area contributed by atoms with E-state index >= 15 is 0 Å². The highest BCUT2D eigenvalue weighted by molar-refractivity contribution is 7.97. The maximum Gasteiger partial charge on any atom is 0.236 e. The average molecular weight is 381 g/mol. The van der Waals surface area contributed by atoms with Gasteiger partial charge in [0.25, 0.3) is 0 Å². The monoisotopic (exact) mass is 381 g/mol. The van der Waals surface area contributed by atoms with E-state index in [4.69, 9.17) is 8.94 Å². The Morgan fingerprint density at radius 3 is 2.67 bits per heavy atom. The number of aromatic nitrogens is 3. The minimum absolute atomic E-state index is 0.284. The Labute approximate surface area is 159 Å². The average Bonchev–Trinajstić information content (AvgIpc) is 3.35. The molecule has 0 N–H and O–H groups in total. The molecule has 0 unspecified atom stereocenters. The molecule has 4 rings (SSSR count). The van der Waals surface area contributed by atoms with E-state index in [1.807, 2.05) is 30.3 Å². The molecule has 0 aliphatic rings. The van der Waals surface area contributed by atoms with Gasteiger partial charge in [0.05, 0.1) is 11.4 Å². The van der Waals surface area contributed by atoms with Crippen molar-refractivity contribution in [2.75, 3.05) is 0 Å². The van der Waals surface area contributed by atoms with Crippen LogP contribution in [0.25, 0.3) is 22.8 Å². The van der Waals surface area contributed by atoms with Crippen molar-refractivity contribution in [3.63, 3.8) is 0 Å². The molecule has 0 bridgehead atoms. The molecule has 0 saturated heterocycles. The number of hydrogen-bond acceptors (Lipinski definition) is 6. The van der Waals surface area contributed by atoms with Crippen LogP contribution in [0.3, 0.4) is 0 Å². The molecule has 0 atom stereocenters. The van der Waals surface area contributed by atoms with Crippen molar-refractivity contribution in [1.82, 2.24) is 15.1 Å². The van der Waals surface area contributed by atoms with Crippen LogP contribution >= 0.6 is 11.8 Å². The van der Waals surface area contributed by atoms with Crippen LogP contribution in [0.5, 0.6) is 0 Å². The van der Waals surface area contributed by atoms with Crippen LogP contribution in [0.4, 0.5) is 4.39 Å². The number of aryl methyl sites for hydroxylation is 1. The summed E-state index contributed by atoms with van der Waals surface area (Å²) in [5, 5.41) is 3.93. The molecule has 5 nitrogen and oxygen atoms in total. The Bertz CT molecular complexity index is 1050. The van der Waals surface area contributed by atoms with Crippen molar-refractivity contribution < 1.29 is 13.3 Å². The highest BCUT2D eigenvalue weighted by Crippen LogP contribution is 2.23. The van der Waals surface area contributed by atoms with Gasteiger partial charge in [0.2, 0.25) is 17.6 Å². The molecule has 0 radical (unpaired) electrons. The van der Waals surface area contributed by atoms with Crippen LogP contribution in [-0.2, 0) is 11.5 Å². The van der Waals surface area contributed by atoms with Crippen LogP contribution in [0.1, 0.15) is 17.1 Å². The van der Waals surface area contributed by atoms with Gasteiger partial charge in [-0.3, -0.25) is 0 Å². The Hall–Kier alpha value is -2.93. The zero-order valence-electron chi connectivity index (χ0n) is 14.6. The third-order valence-corrected chi connectivity index (χ3v) is 4.90. The first-order valence-electron chi connectivity index (χ1n) is 8.36. The van der Waals surface area contributed by atoms with Crippen LogP contribution in [0, 0.1) is 12.7 Å². The minimum Gasteiger partial charge on any atom is -0.444 e. The lowest BCUT2D eigenvalue weighted by atomic mass is 10.1. The van der Waals surface area contributed by atoms with Crippen LogP contribution < -0.4 is 0 Å². The fourth-order valence-corrected chi connectivity index (χ4v) is 3.23. The van der Waals surface area contributed by atoms with E-state index < -0.39 is 0 Å². The third-order valence-electron chi connectivity index (χ3n) is 3.95. The molecule has 0 saturated carbocycles. The van der Waals surface area contributed by atoms with Gasteiger partial charge in [-0.1, -0.05) is 35.5 Å². The number of thioether (sulfide) groups is 1. The van der Waals surface area contributed by atoms with E-state index in [0.29, 0.717) is 40.2 Å². The van der Waals surface area contributed by atoms with Gasteiger partial charge >= 0.3 is 0 Å². The smallest absolute Gasteiger partial charge is 0.236 e. The van der Waals surface area contributed by atoms with E-state index in [1.165, 1.54) is 6.07 Å². The molecule has 2 aromatic heterocycles. The second kappa shape index (κ2) is 7.75. The Balaban J connectivity index is 1.35. The summed E-state index contributed by atoms with van der Waals surface area (Å²) in [6, 6.07) is 14.6. The number of oxazole rings is 1. The molecule has 2 aromatic carbocycles. The maximum absolute atomic E-state index is 13.7. The number of halogens is 1. The van der Waals surface area contributed by atoms with E-state index in [0.717, 1.165) is 11.3 Å². The lowest BCUT2D eigenvalue weighted by molar-refractivity contribution is 0.391. The molecule has 0 fully saturated rings. The van der Waals surface area contributed by atoms with Gasteiger partial charge in [0.1, 0.15) is 12.1 Å². The van der Waals surface area contributed by atoms with Crippen molar-refractivity contribution in [1.29, 1.82) is 0 Å². The molecule has 0 aliphatic carbocycles. The highest BCUT2D eigenvalue weighted by Gasteiger charge is 2.11. The van der Waals surface area contributed by atoms with Crippen molar-refractivity contribution >= 4 is 11.8 Å². The fourth-order valence-electron chi connectivity index (χ4n) is 2.49. The van der Waals surface area contributed by atoms with E-state index in [-0.39, 0.29) is 5.82 Å². The Kier molecular flexibility index (Phi) is 5.02. The molecule has 4 aromatic rings. The summed E-state index contributed by atoms with van der Waals surface area (Å²) in [7, 11) is 0. The molecular formula is C20H16FN3O2S. The van der Waals surface area contributed by atoms with Crippen molar-refractivity contribution in [3.8, 4) is 22.8 Å². The van der Waals surface area contributed by atoms with Gasteiger partial charge in [0, 0.05) is 16.9 Å². The lowest BCUT2D eigenvalue weighted by Gasteiger charge is -1.97. The summed E-state index contributed by atoms with van der Waals surface area (Å²) in [6.45, 7) is 1.71. The largest absolute Gasteiger partial charge is 0.444 e. The van der Waals surface area contributed by atoms with Crippen LogP contribution in [-0.4, -0.2) is 15.1 Å². The second-order valence-electron chi connectivity index (χ2n) is 5.98. The van der Waals surface area contributed by atoms with Crippen LogP contribution in [0.2, 0.25) is 0 Å². The zero-order chi connectivity index (χ0) is 18.6. The molecule has 2 heterocycles. The van der Waals surface area contributed by atoms with Gasteiger partial charge in [-0.25, -0.2) is 9.37 Å². The summed E-state index contributed by atoms with van der Waals surface area (Å²) in [4.78, 5) is 8.81. The number of benzene rings is 2. The fraction of sp³-hybridized carbons (Fsp3) is 0.150. The molecule has 7 heteroatoms. The SMILES string of the molecule is Cc1ccc(-c2noc(CSCc3coc(-c4ccccc4)n3)n2)cc1F. The Morgan fingerprint density at radius 2 is 1.85 bits per heavy atom. The quantitative estimate of drug-likeness (QED) is 0.453. The first-order chi connectivity index (χ1) is 13.2. The van der Waals surface area contributed by atoms with E-state index in [2.05, 4.69) is 15.1 Å². The topological polar surface area (TPSA) is 65.0 Å². The van der Waals surface area contributed by atoms with E-state index in [9.17, 15) is 4.39 Å². The van der Waals surface area contributed by atoms with Gasteiger partial charge < -0.3 is 8.94 Å². The van der Waals surface area contributed by atoms with E-state index in [1.54, 1.807) is 37.1 Å². The van der Waals surface area contributed by atoms with Gasteiger partial charge in [-0.15, -0.1) is 11.8 Å². The summed E-state index contributed by atoms with van der Waals surface area (Å²) < 4.78 is 24.5. The van der Waals surface area contributed by atoms with Gasteiger partial charge in [-0.05, 0) is 30.7 Å². The molecule has 0 amide bonds.